The van der Waals surface area contributed by atoms with Gasteiger partial charge in [-0.05, 0) is 29.7 Å². The highest BCUT2D eigenvalue weighted by molar-refractivity contribution is 5.38. The number of benzene rings is 2. The molecule has 0 radical (unpaired) electrons. The van der Waals surface area contributed by atoms with Crippen LogP contribution in [-0.4, -0.2) is 13.9 Å². The van der Waals surface area contributed by atoms with Crippen molar-refractivity contribution in [3.05, 3.63) is 98.8 Å². The Morgan fingerprint density at radius 1 is 0.792 bits per heavy atom. The van der Waals surface area contributed by atoms with Gasteiger partial charge in [-0.1, -0.05) is 54.6 Å². The molecule has 24 heavy (non-hydrogen) atoms. The summed E-state index contributed by atoms with van der Waals surface area (Å²) in [6.07, 6.45) is 4.80. The molecule has 0 amide bonds. The van der Waals surface area contributed by atoms with Crippen LogP contribution in [0.15, 0.2) is 76.3 Å². The zero-order valence-electron chi connectivity index (χ0n) is 12.9. The lowest BCUT2D eigenvalue weighted by Crippen LogP contribution is -2.34. The van der Waals surface area contributed by atoms with Crippen molar-refractivity contribution >= 4 is 0 Å². The van der Waals surface area contributed by atoms with Gasteiger partial charge in [0.15, 0.2) is 0 Å². The number of allylic oxidation sites excluding steroid dienone is 2. The van der Waals surface area contributed by atoms with Crippen LogP contribution in [0.3, 0.4) is 0 Å². The standard InChI is InChI=1S/C19H15N3O2/c23-18-20(14-7-2-1-3-8-14)19(24)22-17-11-10-15(21(18)22)12-13-6-4-5-9-16(13)17/h1-11,15,17H,12H2. The fraction of sp³-hybridized carbons (Fsp3) is 0.158. The van der Waals surface area contributed by atoms with E-state index in [1.807, 2.05) is 48.6 Å². The summed E-state index contributed by atoms with van der Waals surface area (Å²) in [5.41, 5.74) is 2.32. The van der Waals surface area contributed by atoms with Gasteiger partial charge in [0.05, 0.1) is 17.8 Å². The van der Waals surface area contributed by atoms with Crippen LogP contribution in [0.2, 0.25) is 0 Å². The van der Waals surface area contributed by atoms with Gasteiger partial charge in [0.25, 0.3) is 0 Å². The van der Waals surface area contributed by atoms with Crippen molar-refractivity contribution < 1.29 is 0 Å². The Labute approximate surface area is 137 Å². The Morgan fingerprint density at radius 2 is 1.50 bits per heavy atom. The second-order valence-electron chi connectivity index (χ2n) is 6.23. The molecular weight excluding hydrogens is 302 g/mol. The molecule has 0 fully saturated rings. The van der Waals surface area contributed by atoms with Crippen LogP contribution in [0.25, 0.3) is 5.69 Å². The van der Waals surface area contributed by atoms with Gasteiger partial charge in [-0.15, -0.1) is 0 Å². The molecule has 1 aliphatic carbocycles. The fourth-order valence-corrected chi connectivity index (χ4v) is 3.84. The lowest BCUT2D eigenvalue weighted by atomic mass is 10.00. The normalized spacial score (nSPS) is 20.5. The molecule has 2 aliphatic heterocycles. The van der Waals surface area contributed by atoms with E-state index < -0.39 is 0 Å². The minimum Gasteiger partial charge on any atom is -0.245 e. The molecule has 2 aromatic carbocycles. The van der Waals surface area contributed by atoms with E-state index in [0.29, 0.717) is 5.69 Å². The molecule has 0 saturated heterocycles. The summed E-state index contributed by atoms with van der Waals surface area (Å²) < 4.78 is 4.48. The van der Waals surface area contributed by atoms with E-state index in [2.05, 4.69) is 6.07 Å². The third-order valence-corrected chi connectivity index (χ3v) is 4.92. The fourth-order valence-electron chi connectivity index (χ4n) is 3.84. The predicted octanol–water partition coefficient (Wildman–Crippen LogP) is 2.06. The summed E-state index contributed by atoms with van der Waals surface area (Å²) >= 11 is 0. The van der Waals surface area contributed by atoms with Crippen LogP contribution in [0.5, 0.6) is 0 Å². The van der Waals surface area contributed by atoms with Crippen LogP contribution in [-0.2, 0) is 6.42 Å². The number of aromatic nitrogens is 3. The third kappa shape index (κ3) is 1.64. The van der Waals surface area contributed by atoms with Gasteiger partial charge in [-0.3, -0.25) is 0 Å². The molecule has 6 rings (SSSR count). The van der Waals surface area contributed by atoms with Crippen LogP contribution in [0.4, 0.5) is 0 Å². The van der Waals surface area contributed by atoms with Crippen LogP contribution >= 0.6 is 0 Å². The minimum absolute atomic E-state index is 0.130. The van der Waals surface area contributed by atoms with E-state index in [4.69, 9.17) is 0 Å². The summed E-state index contributed by atoms with van der Waals surface area (Å²) in [6.45, 7) is 0. The number of hydrogen-bond acceptors (Lipinski definition) is 2. The van der Waals surface area contributed by atoms with Crippen molar-refractivity contribution in [2.24, 2.45) is 0 Å². The molecule has 3 aromatic rings. The Hall–Kier alpha value is -3.08. The Balaban J connectivity index is 1.83. The second kappa shape index (κ2) is 4.71. The lowest BCUT2D eigenvalue weighted by Gasteiger charge is -2.22. The summed E-state index contributed by atoms with van der Waals surface area (Å²) in [4.78, 5) is 26.1. The molecule has 1 aromatic heterocycles. The van der Waals surface area contributed by atoms with Crippen LogP contribution in [0, 0.1) is 0 Å². The summed E-state index contributed by atoms with van der Waals surface area (Å²) in [6, 6.07) is 16.8. The Kier molecular flexibility index (Phi) is 2.62. The molecule has 3 heterocycles. The molecule has 118 valence electrons. The van der Waals surface area contributed by atoms with Gasteiger partial charge < -0.3 is 0 Å². The first-order chi connectivity index (χ1) is 11.8. The monoisotopic (exact) mass is 317 g/mol. The minimum atomic E-state index is -0.290. The average molecular weight is 317 g/mol. The molecule has 2 unspecified atom stereocenters. The van der Waals surface area contributed by atoms with Gasteiger partial charge in [0.1, 0.15) is 0 Å². The van der Waals surface area contributed by atoms with Gasteiger partial charge in [-0.25, -0.2) is 23.5 Å². The maximum absolute atomic E-state index is 13.1. The van der Waals surface area contributed by atoms with Crippen molar-refractivity contribution in [2.75, 3.05) is 0 Å². The maximum Gasteiger partial charge on any atom is 0.352 e. The molecule has 3 aliphatic rings. The first-order valence-corrected chi connectivity index (χ1v) is 8.03. The van der Waals surface area contributed by atoms with E-state index in [-0.39, 0.29) is 23.5 Å². The van der Waals surface area contributed by atoms with Crippen molar-refractivity contribution in [3.63, 3.8) is 0 Å². The Morgan fingerprint density at radius 3 is 2.33 bits per heavy atom. The maximum atomic E-state index is 13.1. The average Bonchev–Trinajstić information content (AvgIpc) is 2.77. The molecule has 0 N–H and O–H groups in total. The van der Waals surface area contributed by atoms with Crippen molar-refractivity contribution in [1.29, 1.82) is 0 Å². The largest absolute Gasteiger partial charge is 0.352 e. The zero-order valence-corrected chi connectivity index (χ0v) is 12.9. The molecule has 0 spiro atoms. The Bertz CT molecular complexity index is 1090. The molecule has 0 saturated carbocycles. The van der Waals surface area contributed by atoms with Gasteiger partial charge in [0, 0.05) is 0 Å². The summed E-state index contributed by atoms with van der Waals surface area (Å²) in [5, 5.41) is 0. The SMILES string of the molecule is O=c1n(-c2ccccc2)c(=O)n2n1C1C=CC2c2ccccc2C1. The second-order valence-corrected chi connectivity index (χ2v) is 6.23. The summed E-state index contributed by atoms with van der Waals surface area (Å²) in [7, 11) is 0. The molecule has 2 bridgehead atoms. The lowest BCUT2D eigenvalue weighted by molar-refractivity contribution is 0.388. The predicted molar refractivity (Wildman–Crippen MR) is 90.8 cm³/mol. The topological polar surface area (TPSA) is 48.9 Å². The van der Waals surface area contributed by atoms with E-state index >= 15 is 0 Å². The van der Waals surface area contributed by atoms with E-state index in [1.165, 1.54) is 10.1 Å². The number of para-hydroxylation sites is 1. The first kappa shape index (κ1) is 13.4. The van der Waals surface area contributed by atoms with Crippen LogP contribution < -0.4 is 11.4 Å². The van der Waals surface area contributed by atoms with Gasteiger partial charge in [-0.2, -0.15) is 0 Å². The van der Waals surface area contributed by atoms with E-state index in [1.54, 1.807) is 21.5 Å². The number of hydrogen-bond donors (Lipinski definition) is 0. The number of rotatable bonds is 1. The molecule has 2 atom stereocenters. The van der Waals surface area contributed by atoms with Crippen molar-refractivity contribution in [1.82, 2.24) is 13.9 Å². The first-order valence-electron chi connectivity index (χ1n) is 8.03. The third-order valence-electron chi connectivity index (χ3n) is 4.92. The smallest absolute Gasteiger partial charge is 0.245 e. The van der Waals surface area contributed by atoms with Gasteiger partial charge in [0.2, 0.25) is 0 Å². The molecule has 5 nitrogen and oxygen atoms in total. The van der Waals surface area contributed by atoms with Crippen LogP contribution in [0.1, 0.15) is 23.2 Å². The summed E-state index contributed by atoms with van der Waals surface area (Å²) in [5.74, 6) is 0. The zero-order chi connectivity index (χ0) is 16.3. The molecular formula is C19H15N3O2. The number of nitrogens with zero attached hydrogens (tertiary/aromatic N) is 3. The molecule has 5 heteroatoms. The highest BCUT2D eigenvalue weighted by atomic mass is 16.2. The van der Waals surface area contributed by atoms with E-state index in [0.717, 1.165) is 12.0 Å². The van der Waals surface area contributed by atoms with Crippen molar-refractivity contribution in [2.45, 2.75) is 18.5 Å². The van der Waals surface area contributed by atoms with E-state index in [9.17, 15) is 9.59 Å². The highest BCUT2D eigenvalue weighted by Gasteiger charge is 2.34. The van der Waals surface area contributed by atoms with Crippen molar-refractivity contribution in [3.8, 4) is 5.69 Å². The quantitative estimate of drug-likeness (QED) is 0.645. The highest BCUT2D eigenvalue weighted by Crippen LogP contribution is 2.34. The van der Waals surface area contributed by atoms with Gasteiger partial charge >= 0.3 is 11.4 Å².